The SMILES string of the molecule is CCn1cc(CNS(=O)(=O)c2cccc3nonc23)cn1. The van der Waals surface area contributed by atoms with Gasteiger partial charge in [0.2, 0.25) is 10.0 Å². The van der Waals surface area contributed by atoms with Crippen LogP contribution in [0.3, 0.4) is 0 Å². The predicted octanol–water partition coefficient (Wildman–Crippen LogP) is 0.918. The molecule has 2 aromatic heterocycles. The number of fused-ring (bicyclic) bond motifs is 1. The third kappa shape index (κ3) is 2.65. The lowest BCUT2D eigenvalue weighted by Crippen LogP contribution is -2.23. The summed E-state index contributed by atoms with van der Waals surface area (Å²) in [5.41, 5.74) is 1.40. The van der Waals surface area contributed by atoms with Gasteiger partial charge in [0.05, 0.1) is 6.20 Å². The van der Waals surface area contributed by atoms with Crippen LogP contribution in [0.25, 0.3) is 11.0 Å². The lowest BCUT2D eigenvalue weighted by atomic mass is 10.3. The first kappa shape index (κ1) is 13.7. The molecule has 0 aliphatic rings. The molecule has 2 heterocycles. The standard InChI is InChI=1S/C12H13N5O3S/c1-2-17-8-9(6-13-17)7-14-21(18,19)11-5-3-4-10-12(11)16-20-15-10/h3-6,8,14H,2,7H2,1H3. The molecule has 1 N–H and O–H groups in total. The van der Waals surface area contributed by atoms with Crippen molar-refractivity contribution >= 4 is 21.1 Å². The number of sulfonamides is 1. The van der Waals surface area contributed by atoms with Crippen LogP contribution in [-0.2, 0) is 23.1 Å². The van der Waals surface area contributed by atoms with E-state index >= 15 is 0 Å². The van der Waals surface area contributed by atoms with Crippen LogP contribution < -0.4 is 4.72 Å². The highest BCUT2D eigenvalue weighted by molar-refractivity contribution is 7.89. The minimum Gasteiger partial charge on any atom is -0.273 e. The quantitative estimate of drug-likeness (QED) is 0.751. The van der Waals surface area contributed by atoms with Crippen LogP contribution in [0.1, 0.15) is 12.5 Å². The fourth-order valence-electron chi connectivity index (χ4n) is 1.92. The van der Waals surface area contributed by atoms with Gasteiger partial charge in [-0.15, -0.1) is 0 Å². The molecule has 0 spiro atoms. The van der Waals surface area contributed by atoms with Crippen LogP contribution in [0.5, 0.6) is 0 Å². The molecule has 0 bridgehead atoms. The predicted molar refractivity (Wildman–Crippen MR) is 73.7 cm³/mol. The van der Waals surface area contributed by atoms with E-state index in [-0.39, 0.29) is 17.0 Å². The zero-order valence-corrected chi connectivity index (χ0v) is 12.0. The Morgan fingerprint density at radius 3 is 2.95 bits per heavy atom. The first-order valence-corrected chi connectivity index (χ1v) is 7.81. The normalized spacial score (nSPS) is 12.0. The molecule has 0 radical (unpaired) electrons. The Morgan fingerprint density at radius 1 is 1.33 bits per heavy atom. The number of nitrogens with one attached hydrogen (secondary N) is 1. The number of rotatable bonds is 5. The summed E-state index contributed by atoms with van der Waals surface area (Å²) in [4.78, 5) is 0.0455. The van der Waals surface area contributed by atoms with Crippen LogP contribution in [0, 0.1) is 0 Å². The van der Waals surface area contributed by atoms with Crippen molar-refractivity contribution in [3.05, 3.63) is 36.2 Å². The van der Waals surface area contributed by atoms with Gasteiger partial charge in [0, 0.05) is 24.8 Å². The Labute approximate surface area is 120 Å². The van der Waals surface area contributed by atoms with Gasteiger partial charge in [-0.2, -0.15) is 5.10 Å². The average Bonchev–Trinajstić information content (AvgIpc) is 3.13. The topological polar surface area (TPSA) is 103 Å². The maximum absolute atomic E-state index is 12.3. The smallest absolute Gasteiger partial charge is 0.243 e. The van der Waals surface area contributed by atoms with Crippen molar-refractivity contribution in [1.82, 2.24) is 24.8 Å². The molecular formula is C12H13N5O3S. The Bertz CT molecular complexity index is 868. The van der Waals surface area contributed by atoms with E-state index in [2.05, 4.69) is 24.8 Å². The lowest BCUT2D eigenvalue weighted by Gasteiger charge is -2.05. The van der Waals surface area contributed by atoms with Gasteiger partial charge in [0.25, 0.3) is 0 Å². The summed E-state index contributed by atoms with van der Waals surface area (Å²) in [5.74, 6) is 0. The molecule has 0 aliphatic heterocycles. The highest BCUT2D eigenvalue weighted by Crippen LogP contribution is 2.19. The van der Waals surface area contributed by atoms with Gasteiger partial charge >= 0.3 is 0 Å². The summed E-state index contributed by atoms with van der Waals surface area (Å²) in [6.45, 7) is 2.85. The third-order valence-corrected chi connectivity index (χ3v) is 4.45. The maximum atomic E-state index is 12.3. The van der Waals surface area contributed by atoms with Gasteiger partial charge in [-0.1, -0.05) is 6.07 Å². The van der Waals surface area contributed by atoms with E-state index in [1.807, 2.05) is 6.92 Å². The Balaban J connectivity index is 1.85. The Kier molecular flexibility index (Phi) is 3.43. The fourth-order valence-corrected chi connectivity index (χ4v) is 3.09. The maximum Gasteiger partial charge on any atom is 0.243 e. The summed E-state index contributed by atoms with van der Waals surface area (Å²) in [6, 6.07) is 4.69. The number of nitrogens with zero attached hydrogens (tertiary/aromatic N) is 4. The van der Waals surface area contributed by atoms with E-state index < -0.39 is 10.0 Å². The van der Waals surface area contributed by atoms with Crippen molar-refractivity contribution in [2.24, 2.45) is 0 Å². The summed E-state index contributed by atoms with van der Waals surface area (Å²) in [6.07, 6.45) is 3.42. The summed E-state index contributed by atoms with van der Waals surface area (Å²) < 4.78 is 33.5. The van der Waals surface area contributed by atoms with E-state index in [9.17, 15) is 8.42 Å². The molecule has 0 saturated carbocycles. The van der Waals surface area contributed by atoms with Crippen LogP contribution in [-0.4, -0.2) is 28.5 Å². The fraction of sp³-hybridized carbons (Fsp3) is 0.250. The second-order valence-corrected chi connectivity index (χ2v) is 6.15. The van der Waals surface area contributed by atoms with E-state index in [4.69, 9.17) is 0 Å². The molecule has 3 rings (SSSR count). The second-order valence-electron chi connectivity index (χ2n) is 4.42. The largest absolute Gasteiger partial charge is 0.273 e. The van der Waals surface area contributed by atoms with Gasteiger partial charge in [-0.05, 0) is 29.4 Å². The number of benzene rings is 1. The van der Waals surface area contributed by atoms with E-state index in [1.165, 1.54) is 6.07 Å². The van der Waals surface area contributed by atoms with Crippen molar-refractivity contribution in [3.8, 4) is 0 Å². The molecule has 0 atom stereocenters. The van der Waals surface area contributed by atoms with Crippen molar-refractivity contribution in [2.75, 3.05) is 0 Å². The highest BCUT2D eigenvalue weighted by atomic mass is 32.2. The number of aromatic nitrogens is 4. The van der Waals surface area contributed by atoms with E-state index in [0.29, 0.717) is 5.52 Å². The molecule has 0 saturated heterocycles. The van der Waals surface area contributed by atoms with Crippen LogP contribution in [0.15, 0.2) is 40.1 Å². The third-order valence-electron chi connectivity index (χ3n) is 3.02. The first-order chi connectivity index (χ1) is 10.1. The summed E-state index contributed by atoms with van der Waals surface area (Å²) >= 11 is 0. The van der Waals surface area contributed by atoms with Crippen LogP contribution in [0.2, 0.25) is 0 Å². The van der Waals surface area contributed by atoms with Crippen molar-refractivity contribution in [2.45, 2.75) is 24.9 Å². The van der Waals surface area contributed by atoms with Gasteiger partial charge in [0.1, 0.15) is 10.4 Å². The zero-order chi connectivity index (χ0) is 14.9. The van der Waals surface area contributed by atoms with Crippen molar-refractivity contribution in [3.63, 3.8) is 0 Å². The lowest BCUT2D eigenvalue weighted by molar-refractivity contribution is 0.315. The van der Waals surface area contributed by atoms with Gasteiger partial charge in [-0.25, -0.2) is 17.8 Å². The summed E-state index contributed by atoms with van der Waals surface area (Å²) in [5, 5.41) is 11.4. The van der Waals surface area contributed by atoms with Crippen molar-refractivity contribution in [1.29, 1.82) is 0 Å². The molecule has 110 valence electrons. The minimum atomic E-state index is -3.70. The first-order valence-electron chi connectivity index (χ1n) is 6.32. The Morgan fingerprint density at radius 2 is 2.19 bits per heavy atom. The zero-order valence-electron chi connectivity index (χ0n) is 11.2. The average molecular weight is 307 g/mol. The molecule has 0 unspecified atom stereocenters. The molecule has 8 nitrogen and oxygen atoms in total. The molecule has 1 aromatic carbocycles. The van der Waals surface area contributed by atoms with E-state index in [1.54, 1.807) is 29.2 Å². The minimum absolute atomic E-state index is 0.0455. The van der Waals surface area contributed by atoms with Gasteiger partial charge < -0.3 is 0 Å². The molecule has 0 aliphatic carbocycles. The number of aryl methyl sites for hydroxylation is 1. The van der Waals surface area contributed by atoms with E-state index in [0.717, 1.165) is 12.1 Å². The molecule has 9 heteroatoms. The number of hydrogen-bond acceptors (Lipinski definition) is 6. The van der Waals surface area contributed by atoms with Crippen LogP contribution >= 0.6 is 0 Å². The second kappa shape index (κ2) is 5.26. The molecule has 21 heavy (non-hydrogen) atoms. The number of hydrogen-bond donors (Lipinski definition) is 1. The van der Waals surface area contributed by atoms with Crippen molar-refractivity contribution < 1.29 is 13.0 Å². The monoisotopic (exact) mass is 307 g/mol. The summed E-state index contributed by atoms with van der Waals surface area (Å²) in [7, 11) is -3.70. The molecule has 0 amide bonds. The van der Waals surface area contributed by atoms with Gasteiger partial charge in [-0.3, -0.25) is 4.68 Å². The molecule has 3 aromatic rings. The van der Waals surface area contributed by atoms with Gasteiger partial charge in [0.15, 0.2) is 5.52 Å². The highest BCUT2D eigenvalue weighted by Gasteiger charge is 2.20. The molecule has 0 fully saturated rings. The van der Waals surface area contributed by atoms with Crippen LogP contribution in [0.4, 0.5) is 0 Å². The molecular weight excluding hydrogens is 294 g/mol. The Hall–Kier alpha value is -2.26.